The van der Waals surface area contributed by atoms with Crippen LogP contribution < -0.4 is 11.2 Å². The number of nitrogens with two attached hydrogens (primary N) is 1. The fraction of sp³-hybridized carbons (Fsp3) is 0.400. The zero-order valence-electron chi connectivity index (χ0n) is 13.3. The number of carboxylic acid groups (broad SMARTS) is 1. The van der Waals surface area contributed by atoms with Gasteiger partial charge in [-0.1, -0.05) is 0 Å². The minimum atomic E-state index is -1.11. The summed E-state index contributed by atoms with van der Waals surface area (Å²) in [6.45, 7) is 1.79. The molecule has 0 aromatic carbocycles. The van der Waals surface area contributed by atoms with Crippen LogP contribution >= 0.6 is 22.7 Å². The number of hydrazine groups is 1. The summed E-state index contributed by atoms with van der Waals surface area (Å²) >= 11 is 3.13. The summed E-state index contributed by atoms with van der Waals surface area (Å²) in [6.07, 6.45) is 2.12. The Morgan fingerprint density at radius 3 is 2.79 bits per heavy atom. The second-order valence-electron chi connectivity index (χ2n) is 5.33. The molecule has 0 aliphatic carbocycles. The molecule has 0 bridgehead atoms. The number of thiazole rings is 1. The lowest BCUT2D eigenvalue weighted by atomic mass is 10.1. The lowest BCUT2D eigenvalue weighted by Crippen LogP contribution is -2.36. The molecule has 7 nitrogen and oxygen atoms in total. The first-order chi connectivity index (χ1) is 11.4. The van der Waals surface area contributed by atoms with Gasteiger partial charge < -0.3 is 10.4 Å². The van der Waals surface area contributed by atoms with Crippen molar-refractivity contribution in [3.8, 4) is 0 Å². The molecule has 0 atom stereocenters. The van der Waals surface area contributed by atoms with Crippen molar-refractivity contribution in [2.45, 2.75) is 32.6 Å². The summed E-state index contributed by atoms with van der Waals surface area (Å²) in [7, 11) is 0. The van der Waals surface area contributed by atoms with Crippen LogP contribution in [-0.2, 0) is 24.1 Å². The number of aromatic nitrogens is 1. The van der Waals surface area contributed by atoms with E-state index in [9.17, 15) is 9.59 Å². The predicted molar refractivity (Wildman–Crippen MR) is 95.4 cm³/mol. The normalized spacial score (nSPS) is 10.6. The van der Waals surface area contributed by atoms with Gasteiger partial charge in [0.25, 0.3) is 0 Å². The summed E-state index contributed by atoms with van der Waals surface area (Å²) in [4.78, 5) is 27.2. The summed E-state index contributed by atoms with van der Waals surface area (Å²) in [5.41, 5.74) is 2.17. The first-order valence-electron chi connectivity index (χ1n) is 7.47. The number of anilines is 1. The molecule has 24 heavy (non-hydrogen) atoms. The van der Waals surface area contributed by atoms with Gasteiger partial charge in [-0.3, -0.25) is 4.79 Å². The van der Waals surface area contributed by atoms with E-state index in [0.717, 1.165) is 30.0 Å². The number of nitrogens with zero attached hydrogens (tertiary/aromatic N) is 2. The first kappa shape index (κ1) is 18.4. The Hall–Kier alpha value is -1.97. The standard InChI is InChI=1S/C15H20N4O3S2/c1-10(20)17-14-18-12(9-24-14)4-5-13-7-11(8-23-13)3-2-6-19(16)15(21)22/h7-9H,2-6,16H2,1H3,(H,21,22)(H,17,18,20). The quantitative estimate of drug-likeness (QED) is 0.377. The van der Waals surface area contributed by atoms with E-state index in [2.05, 4.69) is 21.7 Å². The van der Waals surface area contributed by atoms with Crippen molar-refractivity contribution in [1.29, 1.82) is 0 Å². The number of carbonyl (C=O) groups is 2. The van der Waals surface area contributed by atoms with Crippen molar-refractivity contribution in [3.05, 3.63) is 33.0 Å². The molecule has 2 aromatic heterocycles. The van der Waals surface area contributed by atoms with Crippen molar-refractivity contribution in [2.75, 3.05) is 11.9 Å². The topological polar surface area (TPSA) is 109 Å². The first-order valence-corrected chi connectivity index (χ1v) is 9.23. The molecular weight excluding hydrogens is 348 g/mol. The van der Waals surface area contributed by atoms with E-state index in [1.54, 1.807) is 11.3 Å². The van der Waals surface area contributed by atoms with E-state index in [1.807, 2.05) is 5.38 Å². The molecule has 2 heterocycles. The second kappa shape index (κ2) is 8.76. The van der Waals surface area contributed by atoms with E-state index in [4.69, 9.17) is 10.9 Å². The number of aryl methyl sites for hydroxylation is 3. The highest BCUT2D eigenvalue weighted by Gasteiger charge is 2.07. The zero-order valence-corrected chi connectivity index (χ0v) is 15.0. The van der Waals surface area contributed by atoms with Gasteiger partial charge in [-0.15, -0.1) is 22.7 Å². The lowest BCUT2D eigenvalue weighted by Gasteiger charge is -2.11. The third kappa shape index (κ3) is 5.91. The summed E-state index contributed by atoms with van der Waals surface area (Å²) in [5.74, 6) is 5.22. The van der Waals surface area contributed by atoms with Crippen LogP contribution in [0.4, 0.5) is 9.93 Å². The number of hydrogen-bond donors (Lipinski definition) is 3. The van der Waals surface area contributed by atoms with E-state index in [0.29, 0.717) is 18.1 Å². The van der Waals surface area contributed by atoms with Gasteiger partial charge in [-0.25, -0.2) is 20.6 Å². The maximum atomic E-state index is 11.0. The van der Waals surface area contributed by atoms with Gasteiger partial charge in [-0.2, -0.15) is 0 Å². The van der Waals surface area contributed by atoms with E-state index in [-0.39, 0.29) is 5.91 Å². The summed E-state index contributed by atoms with van der Waals surface area (Å²) < 4.78 is 0. The largest absolute Gasteiger partial charge is 0.464 e. The van der Waals surface area contributed by atoms with Crippen LogP contribution in [0.1, 0.15) is 29.5 Å². The SMILES string of the molecule is CC(=O)Nc1nc(CCc2cc(CCCN(N)C(=O)O)cs2)cs1. The lowest BCUT2D eigenvalue weighted by molar-refractivity contribution is -0.114. The average Bonchev–Trinajstić information content (AvgIpc) is 3.13. The molecule has 4 N–H and O–H groups in total. The van der Waals surface area contributed by atoms with Crippen LogP contribution in [0, 0.1) is 0 Å². The van der Waals surface area contributed by atoms with Crippen LogP contribution in [0.25, 0.3) is 0 Å². The third-order valence-corrected chi connectivity index (χ3v) is 5.13. The van der Waals surface area contributed by atoms with Crippen molar-refractivity contribution in [2.24, 2.45) is 5.84 Å². The van der Waals surface area contributed by atoms with Crippen LogP contribution in [0.2, 0.25) is 0 Å². The number of hydrogen-bond acceptors (Lipinski definition) is 6. The third-order valence-electron chi connectivity index (χ3n) is 3.28. The minimum Gasteiger partial charge on any atom is -0.464 e. The smallest absolute Gasteiger partial charge is 0.421 e. The molecule has 0 saturated heterocycles. The molecule has 0 unspecified atom stereocenters. The number of nitrogens with one attached hydrogen (secondary N) is 1. The molecule has 0 aliphatic heterocycles. The average molecular weight is 368 g/mol. The maximum absolute atomic E-state index is 11.0. The van der Waals surface area contributed by atoms with E-state index >= 15 is 0 Å². The van der Waals surface area contributed by atoms with Crippen molar-refractivity contribution in [1.82, 2.24) is 9.99 Å². The molecule has 2 amide bonds. The van der Waals surface area contributed by atoms with Gasteiger partial charge in [-0.05, 0) is 42.7 Å². The van der Waals surface area contributed by atoms with E-state index < -0.39 is 6.09 Å². The van der Waals surface area contributed by atoms with Gasteiger partial charge in [0.2, 0.25) is 5.91 Å². The number of carbonyl (C=O) groups excluding carboxylic acids is 1. The minimum absolute atomic E-state index is 0.113. The van der Waals surface area contributed by atoms with Crippen molar-refractivity contribution >= 4 is 39.8 Å². The Balaban J connectivity index is 1.76. The maximum Gasteiger partial charge on any atom is 0.421 e. The Bertz CT molecular complexity index is 698. The van der Waals surface area contributed by atoms with Gasteiger partial charge in [0.15, 0.2) is 5.13 Å². The van der Waals surface area contributed by atoms with Crippen LogP contribution in [-0.4, -0.2) is 33.6 Å². The Labute approximate surface area is 148 Å². The van der Waals surface area contributed by atoms with Gasteiger partial charge in [0, 0.05) is 23.7 Å². The zero-order chi connectivity index (χ0) is 17.5. The molecule has 9 heteroatoms. The highest BCUT2D eigenvalue weighted by atomic mass is 32.1. The summed E-state index contributed by atoms with van der Waals surface area (Å²) in [5, 5.41) is 16.9. The monoisotopic (exact) mass is 368 g/mol. The van der Waals surface area contributed by atoms with Crippen LogP contribution in [0.3, 0.4) is 0 Å². The molecule has 2 rings (SSSR count). The fourth-order valence-electron chi connectivity index (χ4n) is 2.12. The van der Waals surface area contributed by atoms with Crippen molar-refractivity contribution in [3.63, 3.8) is 0 Å². The van der Waals surface area contributed by atoms with Gasteiger partial charge >= 0.3 is 6.09 Å². The van der Waals surface area contributed by atoms with Crippen LogP contribution in [0.15, 0.2) is 16.8 Å². The number of thiophene rings is 1. The molecule has 0 saturated carbocycles. The second-order valence-corrected chi connectivity index (χ2v) is 7.18. The van der Waals surface area contributed by atoms with Gasteiger partial charge in [0.1, 0.15) is 0 Å². The molecule has 2 aromatic rings. The fourth-order valence-corrected chi connectivity index (χ4v) is 3.84. The Morgan fingerprint density at radius 2 is 2.08 bits per heavy atom. The molecular formula is C15H20N4O3S2. The molecule has 0 aliphatic rings. The highest BCUT2D eigenvalue weighted by Crippen LogP contribution is 2.20. The number of amides is 2. The van der Waals surface area contributed by atoms with Crippen molar-refractivity contribution < 1.29 is 14.7 Å². The molecule has 0 radical (unpaired) electrons. The molecule has 0 fully saturated rings. The van der Waals surface area contributed by atoms with Crippen LogP contribution in [0.5, 0.6) is 0 Å². The predicted octanol–water partition coefficient (Wildman–Crippen LogP) is 2.73. The highest BCUT2D eigenvalue weighted by molar-refractivity contribution is 7.14. The summed E-state index contributed by atoms with van der Waals surface area (Å²) in [6, 6.07) is 2.15. The van der Waals surface area contributed by atoms with E-state index in [1.165, 1.54) is 28.7 Å². The van der Waals surface area contributed by atoms with Gasteiger partial charge in [0.05, 0.1) is 5.69 Å². The number of rotatable bonds is 8. The Morgan fingerprint density at radius 1 is 1.29 bits per heavy atom. The Kier molecular flexibility index (Phi) is 6.71. The molecule has 130 valence electrons. The molecule has 0 spiro atoms.